The van der Waals surface area contributed by atoms with E-state index in [1.165, 1.54) is 12.7 Å². The molecule has 0 saturated heterocycles. The number of hydrogen-bond acceptors (Lipinski definition) is 8. The van der Waals surface area contributed by atoms with Crippen molar-refractivity contribution in [2.24, 2.45) is 15.9 Å². The largest absolute Gasteiger partial charge is 0.476 e. The summed E-state index contributed by atoms with van der Waals surface area (Å²) in [5.74, 6) is 0.691. The zero-order valence-electron chi connectivity index (χ0n) is 12.4. The van der Waals surface area contributed by atoms with Gasteiger partial charge in [-0.1, -0.05) is 13.8 Å². The number of nitrogens with zero attached hydrogens (tertiary/aromatic N) is 3. The summed E-state index contributed by atoms with van der Waals surface area (Å²) in [4.78, 5) is 24.4. The monoisotopic (exact) mass is 307 g/mol. The topological polar surface area (TPSA) is 95.5 Å². The SMILES string of the molecule is CC(C)COC(=O)C1COC(C2COC(c3cocn3)=N2)=N1. The zero-order chi connectivity index (χ0) is 15.5. The lowest BCUT2D eigenvalue weighted by atomic mass is 10.2. The van der Waals surface area contributed by atoms with E-state index in [4.69, 9.17) is 18.6 Å². The first-order valence-electron chi connectivity index (χ1n) is 7.09. The van der Waals surface area contributed by atoms with Crippen molar-refractivity contribution in [3.05, 3.63) is 18.4 Å². The van der Waals surface area contributed by atoms with Crippen LogP contribution in [0.1, 0.15) is 19.5 Å². The maximum Gasteiger partial charge on any atom is 0.334 e. The summed E-state index contributed by atoms with van der Waals surface area (Å²) in [6.45, 7) is 4.81. The summed E-state index contributed by atoms with van der Waals surface area (Å²) >= 11 is 0. The van der Waals surface area contributed by atoms with Crippen molar-refractivity contribution in [1.82, 2.24) is 4.98 Å². The van der Waals surface area contributed by atoms with E-state index in [0.29, 0.717) is 30.7 Å². The Morgan fingerprint density at radius 3 is 2.95 bits per heavy atom. The molecule has 8 nitrogen and oxygen atoms in total. The highest BCUT2D eigenvalue weighted by Crippen LogP contribution is 2.17. The van der Waals surface area contributed by atoms with Gasteiger partial charge >= 0.3 is 5.97 Å². The molecule has 3 heterocycles. The molecule has 118 valence electrons. The smallest absolute Gasteiger partial charge is 0.334 e. The van der Waals surface area contributed by atoms with Gasteiger partial charge in [-0.2, -0.15) is 0 Å². The highest BCUT2D eigenvalue weighted by atomic mass is 16.5. The van der Waals surface area contributed by atoms with Crippen molar-refractivity contribution in [3.63, 3.8) is 0 Å². The molecule has 3 rings (SSSR count). The van der Waals surface area contributed by atoms with Crippen molar-refractivity contribution in [3.8, 4) is 0 Å². The van der Waals surface area contributed by atoms with Gasteiger partial charge in [-0.25, -0.2) is 19.8 Å². The maximum absolute atomic E-state index is 11.9. The van der Waals surface area contributed by atoms with E-state index in [1.54, 1.807) is 0 Å². The molecule has 1 aromatic rings. The number of ether oxygens (including phenoxy) is 3. The van der Waals surface area contributed by atoms with E-state index in [9.17, 15) is 4.79 Å². The molecule has 0 amide bonds. The number of rotatable bonds is 5. The maximum atomic E-state index is 11.9. The van der Waals surface area contributed by atoms with Gasteiger partial charge in [-0.15, -0.1) is 0 Å². The van der Waals surface area contributed by atoms with Gasteiger partial charge in [0.05, 0.1) is 6.61 Å². The molecule has 0 spiro atoms. The molecule has 0 N–H and O–H groups in total. The minimum atomic E-state index is -0.625. The summed E-state index contributed by atoms with van der Waals surface area (Å²) in [6.07, 6.45) is 2.75. The number of esters is 1. The van der Waals surface area contributed by atoms with Gasteiger partial charge in [0.2, 0.25) is 11.8 Å². The van der Waals surface area contributed by atoms with E-state index in [0.717, 1.165) is 0 Å². The predicted molar refractivity (Wildman–Crippen MR) is 75.8 cm³/mol. The Bertz CT molecular complexity index is 594. The first-order chi connectivity index (χ1) is 10.6. The Labute approximate surface area is 127 Å². The third kappa shape index (κ3) is 3.10. The molecule has 0 bridgehead atoms. The van der Waals surface area contributed by atoms with Crippen LogP contribution in [0, 0.1) is 5.92 Å². The van der Waals surface area contributed by atoms with Crippen LogP contribution in [-0.2, 0) is 19.0 Å². The van der Waals surface area contributed by atoms with E-state index >= 15 is 0 Å². The fourth-order valence-corrected chi connectivity index (χ4v) is 2.00. The van der Waals surface area contributed by atoms with Crippen LogP contribution in [0.3, 0.4) is 0 Å². The molecule has 2 unspecified atom stereocenters. The van der Waals surface area contributed by atoms with Crippen molar-refractivity contribution in [2.75, 3.05) is 19.8 Å². The number of carbonyl (C=O) groups excluding carboxylic acids is 1. The summed E-state index contributed by atoms with van der Waals surface area (Å²) in [5, 5.41) is 0. The van der Waals surface area contributed by atoms with E-state index in [1.807, 2.05) is 13.8 Å². The quantitative estimate of drug-likeness (QED) is 0.747. The van der Waals surface area contributed by atoms with Crippen molar-refractivity contribution in [2.45, 2.75) is 25.9 Å². The average molecular weight is 307 g/mol. The second kappa shape index (κ2) is 6.17. The lowest BCUT2D eigenvalue weighted by Crippen LogP contribution is -2.24. The molecule has 0 radical (unpaired) electrons. The zero-order valence-corrected chi connectivity index (χ0v) is 12.4. The number of carbonyl (C=O) groups is 1. The van der Waals surface area contributed by atoms with Gasteiger partial charge in [0.25, 0.3) is 0 Å². The van der Waals surface area contributed by atoms with Gasteiger partial charge in [0.1, 0.15) is 19.5 Å². The van der Waals surface area contributed by atoms with Gasteiger partial charge in [-0.05, 0) is 5.92 Å². The molecular formula is C14H17N3O5. The number of aliphatic imine (C=N–C) groups is 2. The Kier molecular flexibility index (Phi) is 4.08. The molecule has 22 heavy (non-hydrogen) atoms. The van der Waals surface area contributed by atoms with Gasteiger partial charge < -0.3 is 18.6 Å². The van der Waals surface area contributed by atoms with Crippen LogP contribution < -0.4 is 0 Å². The Balaban J connectivity index is 1.62. The highest BCUT2D eigenvalue weighted by Gasteiger charge is 2.34. The number of oxazole rings is 1. The van der Waals surface area contributed by atoms with Crippen LogP contribution >= 0.6 is 0 Å². The van der Waals surface area contributed by atoms with Crippen molar-refractivity contribution in [1.29, 1.82) is 0 Å². The van der Waals surface area contributed by atoms with Crippen LogP contribution in [0.25, 0.3) is 0 Å². The Hall–Kier alpha value is -2.38. The van der Waals surface area contributed by atoms with E-state index in [-0.39, 0.29) is 24.5 Å². The standard InChI is InChI=1S/C14H17N3O5/c1-8(2)3-22-14(18)11-6-21-13(17-11)10-5-20-12(16-10)9-4-19-7-15-9/h4,7-8,10-11H,3,5-6H2,1-2H3. The third-order valence-electron chi connectivity index (χ3n) is 3.09. The molecule has 2 atom stereocenters. The van der Waals surface area contributed by atoms with Gasteiger partial charge in [0.15, 0.2) is 24.2 Å². The van der Waals surface area contributed by atoms with Crippen LogP contribution in [0.5, 0.6) is 0 Å². The lowest BCUT2D eigenvalue weighted by molar-refractivity contribution is -0.146. The fraction of sp³-hybridized carbons (Fsp3) is 0.571. The fourth-order valence-electron chi connectivity index (χ4n) is 2.00. The number of hydrogen-bond donors (Lipinski definition) is 0. The highest BCUT2D eigenvalue weighted by molar-refractivity contribution is 5.97. The Morgan fingerprint density at radius 2 is 2.23 bits per heavy atom. The third-order valence-corrected chi connectivity index (χ3v) is 3.09. The van der Waals surface area contributed by atoms with Gasteiger partial charge in [0, 0.05) is 0 Å². The molecule has 1 aromatic heterocycles. The van der Waals surface area contributed by atoms with Crippen LogP contribution in [0.15, 0.2) is 27.1 Å². The first kappa shape index (κ1) is 14.6. The molecule has 2 aliphatic heterocycles. The molecule has 0 aliphatic carbocycles. The van der Waals surface area contributed by atoms with Crippen molar-refractivity contribution < 1.29 is 23.4 Å². The minimum Gasteiger partial charge on any atom is -0.476 e. The van der Waals surface area contributed by atoms with Crippen molar-refractivity contribution >= 4 is 17.8 Å². The van der Waals surface area contributed by atoms with Crippen LogP contribution in [0.4, 0.5) is 0 Å². The molecule has 8 heteroatoms. The second-order valence-corrected chi connectivity index (χ2v) is 5.45. The molecule has 0 aromatic carbocycles. The lowest BCUT2D eigenvalue weighted by Gasteiger charge is -2.08. The van der Waals surface area contributed by atoms with Gasteiger partial charge in [-0.3, -0.25) is 0 Å². The number of aromatic nitrogens is 1. The molecule has 2 aliphatic rings. The summed E-state index contributed by atoms with van der Waals surface area (Å²) in [6, 6.07) is -0.991. The summed E-state index contributed by atoms with van der Waals surface area (Å²) in [7, 11) is 0. The average Bonchev–Trinajstić information content (AvgIpc) is 3.23. The second-order valence-electron chi connectivity index (χ2n) is 5.45. The summed E-state index contributed by atoms with van der Waals surface area (Å²) in [5.41, 5.74) is 0.522. The van der Waals surface area contributed by atoms with E-state index < -0.39 is 6.04 Å². The van der Waals surface area contributed by atoms with Crippen LogP contribution in [0.2, 0.25) is 0 Å². The van der Waals surface area contributed by atoms with E-state index in [2.05, 4.69) is 15.0 Å². The van der Waals surface area contributed by atoms with Crippen LogP contribution in [-0.4, -0.2) is 54.7 Å². The summed E-state index contributed by atoms with van der Waals surface area (Å²) < 4.78 is 21.0. The first-order valence-corrected chi connectivity index (χ1v) is 7.09. The predicted octanol–water partition coefficient (Wildman–Crippen LogP) is 0.816. The normalized spacial score (nSPS) is 23.8. The molecule has 0 fully saturated rings. The molecular weight excluding hydrogens is 290 g/mol. The minimum absolute atomic E-state index is 0.178. The molecule has 0 saturated carbocycles. The Morgan fingerprint density at radius 1 is 1.36 bits per heavy atom.